The van der Waals surface area contributed by atoms with Crippen LogP contribution in [0.4, 0.5) is 8.78 Å². The molecule has 9 heavy (non-hydrogen) atoms. The number of halogens is 2. The molecule has 0 fully saturated rings. The van der Waals surface area contributed by atoms with Crippen LogP contribution in [0.5, 0.6) is 0 Å². The summed E-state index contributed by atoms with van der Waals surface area (Å²) in [6.45, 7) is 1.20. The van der Waals surface area contributed by atoms with Gasteiger partial charge in [0.25, 0.3) is 0 Å². The molecule has 4 heteroatoms. The molecule has 0 rings (SSSR count). The van der Waals surface area contributed by atoms with Crippen molar-refractivity contribution in [2.24, 2.45) is 5.73 Å². The van der Waals surface area contributed by atoms with Gasteiger partial charge < -0.3 is 5.73 Å². The molecule has 0 saturated heterocycles. The number of rotatable bonds is 3. The van der Waals surface area contributed by atoms with E-state index in [9.17, 15) is 13.6 Å². The zero-order chi connectivity index (χ0) is 7.44. The van der Waals surface area contributed by atoms with Crippen molar-refractivity contribution in [3.8, 4) is 0 Å². The predicted octanol–water partition coefficient (Wildman–Crippen LogP) is 0.558. The highest BCUT2D eigenvalue weighted by Gasteiger charge is 2.13. The first-order valence-electron chi connectivity index (χ1n) is 2.58. The van der Waals surface area contributed by atoms with Gasteiger partial charge in [0, 0.05) is 6.42 Å². The van der Waals surface area contributed by atoms with Gasteiger partial charge in [0.05, 0.1) is 6.04 Å². The van der Waals surface area contributed by atoms with Crippen LogP contribution in [0.1, 0.15) is 13.3 Å². The van der Waals surface area contributed by atoms with Crippen molar-refractivity contribution in [3.63, 3.8) is 0 Å². The van der Waals surface area contributed by atoms with Gasteiger partial charge in [-0.15, -0.1) is 0 Å². The SMILES string of the molecule is CC(=O)C(N)CC(F)F. The van der Waals surface area contributed by atoms with Crippen molar-refractivity contribution < 1.29 is 13.6 Å². The lowest BCUT2D eigenvalue weighted by Crippen LogP contribution is -2.30. The van der Waals surface area contributed by atoms with E-state index in [4.69, 9.17) is 5.73 Å². The summed E-state index contributed by atoms with van der Waals surface area (Å²) in [5, 5.41) is 0. The average molecular weight is 137 g/mol. The van der Waals surface area contributed by atoms with Crippen LogP contribution in [0.25, 0.3) is 0 Å². The highest BCUT2D eigenvalue weighted by Crippen LogP contribution is 2.01. The van der Waals surface area contributed by atoms with Crippen LogP contribution in [0, 0.1) is 0 Å². The Bertz CT molecular complexity index is 105. The van der Waals surface area contributed by atoms with Gasteiger partial charge in [0.2, 0.25) is 6.43 Å². The Morgan fingerprint density at radius 1 is 1.67 bits per heavy atom. The molecule has 0 aromatic heterocycles. The Hall–Kier alpha value is -0.510. The molecule has 0 amide bonds. The summed E-state index contributed by atoms with van der Waals surface area (Å²) in [5.41, 5.74) is 4.99. The second-order valence-corrected chi connectivity index (χ2v) is 1.84. The minimum absolute atomic E-state index is 0.393. The van der Waals surface area contributed by atoms with Crippen LogP contribution >= 0.6 is 0 Å². The van der Waals surface area contributed by atoms with Gasteiger partial charge in [-0.3, -0.25) is 4.79 Å². The fourth-order valence-electron chi connectivity index (χ4n) is 0.358. The third-order valence-electron chi connectivity index (χ3n) is 0.954. The van der Waals surface area contributed by atoms with Gasteiger partial charge in [0.15, 0.2) is 0 Å². The number of nitrogens with two attached hydrogens (primary N) is 1. The lowest BCUT2D eigenvalue weighted by atomic mass is 10.1. The standard InChI is InChI=1S/C5H9F2NO/c1-3(9)4(8)2-5(6)7/h4-5H,2,8H2,1H3. The van der Waals surface area contributed by atoms with Crippen molar-refractivity contribution in [1.82, 2.24) is 0 Å². The number of carbonyl (C=O) groups is 1. The lowest BCUT2D eigenvalue weighted by molar-refractivity contribution is -0.119. The normalized spacial score (nSPS) is 13.9. The summed E-state index contributed by atoms with van der Waals surface area (Å²) in [6.07, 6.45) is -3.01. The molecule has 2 N–H and O–H groups in total. The third-order valence-corrected chi connectivity index (χ3v) is 0.954. The maximum absolute atomic E-state index is 11.4. The van der Waals surface area contributed by atoms with E-state index in [1.54, 1.807) is 0 Å². The summed E-state index contributed by atoms with van der Waals surface area (Å²) in [5.74, 6) is -0.393. The molecule has 2 nitrogen and oxygen atoms in total. The molecule has 0 radical (unpaired) electrons. The Morgan fingerprint density at radius 3 is 2.22 bits per heavy atom. The first-order valence-corrected chi connectivity index (χ1v) is 2.58. The number of alkyl halides is 2. The van der Waals surface area contributed by atoms with Crippen LogP contribution in [-0.2, 0) is 4.79 Å². The van der Waals surface area contributed by atoms with Gasteiger partial charge in [-0.2, -0.15) is 0 Å². The Morgan fingerprint density at radius 2 is 2.11 bits per heavy atom. The van der Waals surface area contributed by atoms with Crippen LogP contribution in [0.3, 0.4) is 0 Å². The van der Waals surface area contributed by atoms with E-state index in [-0.39, 0.29) is 0 Å². The van der Waals surface area contributed by atoms with Gasteiger partial charge in [-0.25, -0.2) is 8.78 Å². The Labute approximate surface area is 52.0 Å². The fourth-order valence-corrected chi connectivity index (χ4v) is 0.358. The highest BCUT2D eigenvalue weighted by molar-refractivity contribution is 5.81. The molecule has 54 valence electrons. The molecule has 0 heterocycles. The summed E-state index contributed by atoms with van der Waals surface area (Å²) in [6, 6.07) is -0.995. The second kappa shape index (κ2) is 3.50. The number of carbonyl (C=O) groups excluding carboxylic acids is 1. The second-order valence-electron chi connectivity index (χ2n) is 1.84. The van der Waals surface area contributed by atoms with Crippen LogP contribution < -0.4 is 5.73 Å². The molecule has 0 spiro atoms. The molecule has 0 bridgehead atoms. The van der Waals surface area contributed by atoms with Gasteiger partial charge >= 0.3 is 0 Å². The number of hydrogen-bond donors (Lipinski definition) is 1. The van der Waals surface area contributed by atoms with Gasteiger partial charge in [-0.05, 0) is 6.92 Å². The quantitative estimate of drug-likeness (QED) is 0.617. The molecule has 0 aliphatic rings. The van der Waals surface area contributed by atoms with E-state index in [0.29, 0.717) is 0 Å². The van der Waals surface area contributed by atoms with Crippen molar-refractivity contribution in [2.75, 3.05) is 0 Å². The van der Waals surface area contributed by atoms with Crippen molar-refractivity contribution in [1.29, 1.82) is 0 Å². The number of Topliss-reactive ketones (excluding diaryl/α,β-unsaturated/α-hetero) is 1. The van der Waals surface area contributed by atoms with E-state index in [1.165, 1.54) is 6.92 Å². The summed E-state index contributed by atoms with van der Waals surface area (Å²) in [7, 11) is 0. The number of hydrogen-bond acceptors (Lipinski definition) is 2. The molecule has 1 atom stereocenters. The average Bonchev–Trinajstić information content (AvgIpc) is 1.63. The summed E-state index contributed by atoms with van der Waals surface area (Å²) < 4.78 is 22.8. The fraction of sp³-hybridized carbons (Fsp3) is 0.800. The zero-order valence-corrected chi connectivity index (χ0v) is 5.10. The van der Waals surface area contributed by atoms with E-state index < -0.39 is 24.7 Å². The molecule has 0 aliphatic heterocycles. The molecule has 0 aliphatic carbocycles. The predicted molar refractivity (Wildman–Crippen MR) is 29.3 cm³/mol. The molecule has 1 unspecified atom stereocenters. The first-order chi connectivity index (χ1) is 4.04. The first kappa shape index (κ1) is 8.49. The third kappa shape index (κ3) is 4.02. The van der Waals surface area contributed by atoms with E-state index in [1.807, 2.05) is 0 Å². The largest absolute Gasteiger partial charge is 0.321 e. The molecule has 0 saturated carbocycles. The topological polar surface area (TPSA) is 43.1 Å². The molecular formula is C5H9F2NO. The maximum atomic E-state index is 11.4. The van der Waals surface area contributed by atoms with Crippen LogP contribution in [-0.4, -0.2) is 18.3 Å². The smallest absolute Gasteiger partial charge is 0.240 e. The van der Waals surface area contributed by atoms with E-state index >= 15 is 0 Å². The highest BCUT2D eigenvalue weighted by atomic mass is 19.3. The lowest BCUT2D eigenvalue weighted by Gasteiger charge is -2.04. The van der Waals surface area contributed by atoms with Crippen molar-refractivity contribution >= 4 is 5.78 Å². The van der Waals surface area contributed by atoms with Crippen molar-refractivity contribution in [3.05, 3.63) is 0 Å². The Balaban J connectivity index is 3.50. The molecule has 0 aromatic carbocycles. The molecular weight excluding hydrogens is 128 g/mol. The minimum Gasteiger partial charge on any atom is -0.321 e. The maximum Gasteiger partial charge on any atom is 0.240 e. The van der Waals surface area contributed by atoms with Crippen molar-refractivity contribution in [2.45, 2.75) is 25.8 Å². The number of ketones is 1. The van der Waals surface area contributed by atoms with Crippen LogP contribution in [0.15, 0.2) is 0 Å². The molecule has 0 aromatic rings. The summed E-state index contributed by atoms with van der Waals surface area (Å²) in [4.78, 5) is 10.2. The van der Waals surface area contributed by atoms with E-state index in [2.05, 4.69) is 0 Å². The minimum atomic E-state index is -2.48. The van der Waals surface area contributed by atoms with Crippen LogP contribution in [0.2, 0.25) is 0 Å². The van der Waals surface area contributed by atoms with E-state index in [0.717, 1.165) is 0 Å². The zero-order valence-electron chi connectivity index (χ0n) is 5.10. The van der Waals surface area contributed by atoms with Gasteiger partial charge in [0.1, 0.15) is 5.78 Å². The summed E-state index contributed by atoms with van der Waals surface area (Å²) >= 11 is 0. The van der Waals surface area contributed by atoms with Gasteiger partial charge in [-0.1, -0.05) is 0 Å². The Kier molecular flexibility index (Phi) is 3.30. The monoisotopic (exact) mass is 137 g/mol.